The van der Waals surface area contributed by atoms with Crippen LogP contribution in [0.5, 0.6) is 11.5 Å². The summed E-state index contributed by atoms with van der Waals surface area (Å²) in [5.74, 6) is 1.08. The monoisotopic (exact) mass is 500 g/mol. The summed E-state index contributed by atoms with van der Waals surface area (Å²) in [6, 6.07) is 10.7. The van der Waals surface area contributed by atoms with Crippen molar-refractivity contribution in [1.29, 1.82) is 0 Å². The second-order valence-corrected chi connectivity index (χ2v) is 9.20. The minimum atomic E-state index is -4.64. The van der Waals surface area contributed by atoms with Crippen molar-refractivity contribution >= 4 is 5.69 Å². The molecule has 0 bridgehead atoms. The number of rotatable bonds is 5. The van der Waals surface area contributed by atoms with Crippen molar-refractivity contribution in [3.8, 4) is 33.8 Å². The van der Waals surface area contributed by atoms with Gasteiger partial charge in [-0.3, -0.25) is 4.79 Å². The van der Waals surface area contributed by atoms with Crippen molar-refractivity contribution in [1.82, 2.24) is 4.57 Å². The van der Waals surface area contributed by atoms with Crippen molar-refractivity contribution in [2.24, 2.45) is 0 Å². The lowest BCUT2D eigenvalue weighted by Crippen LogP contribution is -2.24. The summed E-state index contributed by atoms with van der Waals surface area (Å²) in [5, 5.41) is 9.93. The third kappa shape index (κ3) is 4.32. The van der Waals surface area contributed by atoms with Gasteiger partial charge in [0.15, 0.2) is 0 Å². The Morgan fingerprint density at radius 1 is 0.944 bits per heavy atom. The molecule has 3 aromatic rings. The molecule has 1 atom stereocenters. The SMILES string of the molecule is COc1cc(OC)cc(-c2cc(-c3cc(N4CCC(O)C4)ccc3C(F)(F)F)c(=O)n3c2CCC3)c1. The molecule has 2 aromatic carbocycles. The van der Waals surface area contributed by atoms with Crippen LogP contribution in [-0.4, -0.2) is 43.1 Å². The van der Waals surface area contributed by atoms with Gasteiger partial charge in [-0.2, -0.15) is 13.2 Å². The highest BCUT2D eigenvalue weighted by atomic mass is 19.4. The molecule has 9 heteroatoms. The number of β-amino-alcohol motifs (C(OH)–C–C–N with tert-alkyl or cyclic N) is 1. The van der Waals surface area contributed by atoms with Crippen molar-refractivity contribution in [3.63, 3.8) is 0 Å². The highest BCUT2D eigenvalue weighted by Gasteiger charge is 2.36. The Morgan fingerprint density at radius 2 is 1.67 bits per heavy atom. The number of methoxy groups -OCH3 is 2. The van der Waals surface area contributed by atoms with E-state index in [1.165, 1.54) is 26.4 Å². The molecule has 1 aromatic heterocycles. The number of ether oxygens (including phenoxy) is 2. The second-order valence-electron chi connectivity index (χ2n) is 9.20. The van der Waals surface area contributed by atoms with Crippen LogP contribution in [0.25, 0.3) is 22.3 Å². The lowest BCUT2D eigenvalue weighted by Gasteiger charge is -2.22. The fraction of sp³-hybridized carbons (Fsp3) is 0.370. The van der Waals surface area contributed by atoms with E-state index in [2.05, 4.69) is 0 Å². The first-order valence-corrected chi connectivity index (χ1v) is 11.8. The molecule has 190 valence electrons. The average molecular weight is 501 g/mol. The second kappa shape index (κ2) is 9.20. The van der Waals surface area contributed by atoms with Gasteiger partial charge in [-0.15, -0.1) is 0 Å². The topological polar surface area (TPSA) is 63.9 Å². The molecule has 1 saturated heterocycles. The number of hydrogen-bond acceptors (Lipinski definition) is 5. The third-order valence-electron chi connectivity index (χ3n) is 6.99. The molecule has 1 unspecified atom stereocenters. The fourth-order valence-electron chi connectivity index (χ4n) is 5.19. The van der Waals surface area contributed by atoms with E-state index in [1.54, 1.807) is 28.8 Å². The first kappa shape index (κ1) is 24.2. The number of aromatic nitrogens is 1. The number of benzene rings is 2. The molecule has 3 heterocycles. The summed E-state index contributed by atoms with van der Waals surface area (Å²) in [6.07, 6.45) is -3.27. The van der Waals surface area contributed by atoms with Gasteiger partial charge < -0.3 is 24.0 Å². The van der Waals surface area contributed by atoms with E-state index in [0.717, 1.165) is 18.2 Å². The van der Waals surface area contributed by atoms with Crippen molar-refractivity contribution < 1.29 is 27.8 Å². The summed E-state index contributed by atoms with van der Waals surface area (Å²) < 4.78 is 54.8. The Balaban J connectivity index is 1.75. The van der Waals surface area contributed by atoms with E-state index in [4.69, 9.17) is 9.47 Å². The van der Waals surface area contributed by atoms with Crippen LogP contribution in [0.4, 0.5) is 18.9 Å². The highest BCUT2D eigenvalue weighted by molar-refractivity contribution is 5.79. The third-order valence-corrected chi connectivity index (χ3v) is 6.99. The van der Waals surface area contributed by atoms with E-state index in [0.29, 0.717) is 60.8 Å². The summed E-state index contributed by atoms with van der Waals surface area (Å²) in [4.78, 5) is 15.4. The van der Waals surface area contributed by atoms with Crippen molar-refractivity contribution in [3.05, 3.63) is 64.1 Å². The number of fused-ring (bicyclic) bond motifs is 1. The van der Waals surface area contributed by atoms with Crippen LogP contribution in [0.3, 0.4) is 0 Å². The normalized spacial score (nSPS) is 17.4. The molecule has 0 amide bonds. The number of anilines is 1. The number of nitrogens with zero attached hydrogens (tertiary/aromatic N) is 2. The predicted octanol–water partition coefficient (Wildman–Crippen LogP) is 4.74. The number of pyridine rings is 1. The van der Waals surface area contributed by atoms with Gasteiger partial charge in [0.2, 0.25) is 0 Å². The molecule has 2 aliphatic heterocycles. The Labute approximate surface area is 206 Å². The van der Waals surface area contributed by atoms with Crippen molar-refractivity contribution in [2.45, 2.75) is 38.1 Å². The lowest BCUT2D eigenvalue weighted by molar-refractivity contribution is -0.137. The minimum Gasteiger partial charge on any atom is -0.497 e. The molecule has 6 nitrogen and oxygen atoms in total. The molecule has 0 aliphatic carbocycles. The van der Waals surface area contributed by atoms with Crippen LogP contribution in [-0.2, 0) is 19.1 Å². The van der Waals surface area contributed by atoms with Crippen LogP contribution in [0.1, 0.15) is 24.1 Å². The van der Waals surface area contributed by atoms with Crippen LogP contribution < -0.4 is 19.9 Å². The number of aliphatic hydroxyl groups excluding tert-OH is 1. The Morgan fingerprint density at radius 3 is 2.28 bits per heavy atom. The van der Waals surface area contributed by atoms with Gasteiger partial charge in [0.05, 0.1) is 25.9 Å². The molecule has 0 radical (unpaired) electrons. The average Bonchev–Trinajstić information content (AvgIpc) is 3.53. The zero-order valence-corrected chi connectivity index (χ0v) is 20.1. The summed E-state index contributed by atoms with van der Waals surface area (Å²) in [5.41, 5.74) is 1.23. The van der Waals surface area contributed by atoms with E-state index in [-0.39, 0.29) is 11.1 Å². The largest absolute Gasteiger partial charge is 0.497 e. The smallest absolute Gasteiger partial charge is 0.417 e. The molecule has 36 heavy (non-hydrogen) atoms. The van der Waals surface area contributed by atoms with Gasteiger partial charge in [-0.05, 0) is 61.2 Å². The maximum Gasteiger partial charge on any atom is 0.417 e. The molecule has 0 saturated carbocycles. The van der Waals surface area contributed by atoms with Gasteiger partial charge in [0, 0.05) is 53.8 Å². The summed E-state index contributed by atoms with van der Waals surface area (Å²) in [7, 11) is 3.06. The van der Waals surface area contributed by atoms with Crippen LogP contribution in [0.2, 0.25) is 0 Å². The van der Waals surface area contributed by atoms with Gasteiger partial charge in [0.25, 0.3) is 5.56 Å². The molecular weight excluding hydrogens is 473 g/mol. The predicted molar refractivity (Wildman–Crippen MR) is 131 cm³/mol. The maximum atomic E-state index is 14.1. The first-order valence-electron chi connectivity index (χ1n) is 11.8. The van der Waals surface area contributed by atoms with Gasteiger partial charge in [-0.1, -0.05) is 0 Å². The summed E-state index contributed by atoms with van der Waals surface area (Å²) >= 11 is 0. The van der Waals surface area contributed by atoms with Crippen LogP contribution >= 0.6 is 0 Å². The van der Waals surface area contributed by atoms with E-state index in [9.17, 15) is 23.1 Å². The molecule has 5 rings (SSSR count). The van der Waals surface area contributed by atoms with E-state index >= 15 is 0 Å². The van der Waals surface area contributed by atoms with Crippen LogP contribution in [0, 0.1) is 0 Å². The van der Waals surface area contributed by atoms with Crippen LogP contribution in [0.15, 0.2) is 47.3 Å². The van der Waals surface area contributed by atoms with Gasteiger partial charge in [0.1, 0.15) is 11.5 Å². The zero-order valence-electron chi connectivity index (χ0n) is 20.1. The van der Waals surface area contributed by atoms with Crippen molar-refractivity contribution in [2.75, 3.05) is 32.2 Å². The van der Waals surface area contributed by atoms with Gasteiger partial charge >= 0.3 is 6.18 Å². The van der Waals surface area contributed by atoms with Gasteiger partial charge in [-0.25, -0.2) is 0 Å². The van der Waals surface area contributed by atoms with E-state index in [1.807, 2.05) is 4.90 Å². The first-order chi connectivity index (χ1) is 17.2. The standard InChI is InChI=1S/C27H27F3N2O4/c1-35-19-10-16(11-20(13-19)36-2)21-14-23(26(34)32-8-3-4-25(21)32)22-12-17(31-9-7-18(33)15-31)5-6-24(22)27(28,29)30/h5-6,10-14,18,33H,3-4,7-9,15H2,1-2H3. The quantitative estimate of drug-likeness (QED) is 0.549. The number of hydrogen-bond donors (Lipinski definition) is 1. The molecule has 1 N–H and O–H groups in total. The number of aliphatic hydroxyl groups is 1. The number of alkyl halides is 3. The molecule has 2 aliphatic rings. The lowest BCUT2D eigenvalue weighted by atomic mass is 9.94. The zero-order chi connectivity index (χ0) is 25.6. The summed E-state index contributed by atoms with van der Waals surface area (Å²) in [6.45, 7) is 1.31. The highest BCUT2D eigenvalue weighted by Crippen LogP contribution is 2.41. The Hall–Kier alpha value is -3.46. The molecule has 0 spiro atoms. The molecular formula is C27H27F3N2O4. The fourth-order valence-corrected chi connectivity index (χ4v) is 5.19. The Kier molecular flexibility index (Phi) is 6.20. The van der Waals surface area contributed by atoms with E-state index < -0.39 is 23.4 Å². The molecule has 1 fully saturated rings. The minimum absolute atomic E-state index is 0.00800. The Bertz CT molecular complexity index is 1340. The number of halogens is 3. The maximum absolute atomic E-state index is 14.1.